The number of halogens is 3. The average Bonchev–Trinajstić information content (AvgIpc) is 1.78. The van der Waals surface area contributed by atoms with Gasteiger partial charge in [-0.25, -0.2) is 0 Å². The summed E-state index contributed by atoms with van der Waals surface area (Å²) in [7, 11) is 0. The Labute approximate surface area is 92.8 Å². The van der Waals surface area contributed by atoms with Gasteiger partial charge in [-0.3, -0.25) is 0 Å². The number of benzene rings is 1. The van der Waals surface area contributed by atoms with Crippen LogP contribution in [0.3, 0.4) is 0 Å². The molecule has 0 spiro atoms. The van der Waals surface area contributed by atoms with E-state index in [-0.39, 0.29) is 0 Å². The minimum absolute atomic E-state index is 0.505. The second kappa shape index (κ2) is 3.66. The third-order valence-electron chi connectivity index (χ3n) is 1.65. The molecule has 0 aliphatic carbocycles. The highest BCUT2D eigenvalue weighted by Crippen LogP contribution is 2.34. The van der Waals surface area contributed by atoms with E-state index in [2.05, 4.69) is 0 Å². The molecular formula is C9H10Cl3N. The molecule has 13 heavy (non-hydrogen) atoms. The summed E-state index contributed by atoms with van der Waals surface area (Å²) in [5, 5.41) is 1.53. The summed E-state index contributed by atoms with van der Waals surface area (Å²) >= 11 is 17.7. The molecule has 0 heterocycles. The summed E-state index contributed by atoms with van der Waals surface area (Å²) in [6.07, 6.45) is 0. The van der Waals surface area contributed by atoms with Crippen molar-refractivity contribution in [2.75, 3.05) is 0 Å². The quantitative estimate of drug-likeness (QED) is 0.790. The molecule has 0 fully saturated rings. The van der Waals surface area contributed by atoms with Crippen molar-refractivity contribution in [2.45, 2.75) is 19.4 Å². The van der Waals surface area contributed by atoms with Gasteiger partial charge in [-0.05, 0) is 26.0 Å². The fraction of sp³-hybridized carbons (Fsp3) is 0.333. The average molecular weight is 239 g/mol. The van der Waals surface area contributed by atoms with E-state index >= 15 is 0 Å². The van der Waals surface area contributed by atoms with Crippen LogP contribution < -0.4 is 5.73 Å². The molecule has 1 aromatic rings. The first kappa shape index (κ1) is 11.1. The van der Waals surface area contributed by atoms with E-state index in [0.717, 1.165) is 5.56 Å². The summed E-state index contributed by atoms with van der Waals surface area (Å²) in [6.45, 7) is 3.68. The zero-order chi connectivity index (χ0) is 10.2. The van der Waals surface area contributed by atoms with Crippen LogP contribution in [0.5, 0.6) is 0 Å². The van der Waals surface area contributed by atoms with Gasteiger partial charge in [0.2, 0.25) is 0 Å². The molecule has 0 atom stereocenters. The smallest absolute Gasteiger partial charge is 0.0486 e. The second-order valence-corrected chi connectivity index (χ2v) is 4.72. The van der Waals surface area contributed by atoms with Crippen molar-refractivity contribution in [1.82, 2.24) is 0 Å². The predicted octanol–water partition coefficient (Wildman–Crippen LogP) is 3.84. The largest absolute Gasteiger partial charge is 0.322 e. The maximum atomic E-state index is 5.97. The van der Waals surface area contributed by atoms with Crippen LogP contribution in [0.1, 0.15) is 19.4 Å². The number of rotatable bonds is 1. The van der Waals surface area contributed by atoms with Crippen molar-refractivity contribution in [3.8, 4) is 0 Å². The van der Waals surface area contributed by atoms with E-state index in [4.69, 9.17) is 40.5 Å². The standard InChI is InChI=1S/C9H10Cl3N/c1-9(2,13)8-6(11)3-5(10)4-7(8)12/h3-4H,13H2,1-2H3. The second-order valence-electron chi connectivity index (χ2n) is 3.47. The molecule has 0 aliphatic rings. The summed E-state index contributed by atoms with van der Waals surface area (Å²) in [6, 6.07) is 3.28. The summed E-state index contributed by atoms with van der Waals surface area (Å²) in [5.74, 6) is 0. The number of hydrogen-bond acceptors (Lipinski definition) is 1. The highest BCUT2D eigenvalue weighted by molar-refractivity contribution is 6.39. The fourth-order valence-electron chi connectivity index (χ4n) is 1.16. The van der Waals surface area contributed by atoms with Gasteiger partial charge in [-0.15, -0.1) is 0 Å². The first-order valence-corrected chi connectivity index (χ1v) is 4.89. The Balaban J connectivity index is 3.38. The Morgan fingerprint density at radius 3 is 1.77 bits per heavy atom. The Kier molecular flexibility index (Phi) is 3.13. The first-order valence-electron chi connectivity index (χ1n) is 3.76. The van der Waals surface area contributed by atoms with Crippen LogP contribution >= 0.6 is 34.8 Å². The molecular weight excluding hydrogens is 228 g/mol. The van der Waals surface area contributed by atoms with Crippen molar-refractivity contribution >= 4 is 34.8 Å². The Hall–Kier alpha value is 0.0500. The number of nitrogens with two attached hydrogens (primary N) is 1. The first-order chi connectivity index (χ1) is 5.82. The molecule has 0 amide bonds. The summed E-state index contributed by atoms with van der Waals surface area (Å²) in [4.78, 5) is 0. The van der Waals surface area contributed by atoms with Crippen LogP contribution in [0.15, 0.2) is 12.1 Å². The summed E-state index contributed by atoms with van der Waals surface area (Å²) < 4.78 is 0. The minimum Gasteiger partial charge on any atom is -0.322 e. The van der Waals surface area contributed by atoms with E-state index in [0.29, 0.717) is 15.1 Å². The van der Waals surface area contributed by atoms with Crippen LogP contribution in [-0.4, -0.2) is 0 Å². The zero-order valence-corrected chi connectivity index (χ0v) is 9.63. The van der Waals surface area contributed by atoms with Crippen molar-refractivity contribution in [3.63, 3.8) is 0 Å². The molecule has 2 N–H and O–H groups in total. The predicted molar refractivity (Wildman–Crippen MR) is 58.7 cm³/mol. The molecule has 1 nitrogen and oxygen atoms in total. The molecule has 4 heteroatoms. The molecule has 0 saturated heterocycles. The van der Waals surface area contributed by atoms with Crippen LogP contribution in [0.25, 0.3) is 0 Å². The third kappa shape index (κ3) is 2.50. The van der Waals surface area contributed by atoms with Gasteiger partial charge in [0.15, 0.2) is 0 Å². The normalized spacial score (nSPS) is 11.8. The van der Waals surface area contributed by atoms with Crippen LogP contribution in [0, 0.1) is 0 Å². The lowest BCUT2D eigenvalue weighted by molar-refractivity contribution is 0.555. The lowest BCUT2D eigenvalue weighted by Gasteiger charge is -2.22. The van der Waals surface area contributed by atoms with Crippen molar-refractivity contribution in [2.24, 2.45) is 5.73 Å². The molecule has 0 unspecified atom stereocenters. The van der Waals surface area contributed by atoms with Crippen molar-refractivity contribution in [3.05, 3.63) is 32.8 Å². The molecule has 1 aromatic carbocycles. The van der Waals surface area contributed by atoms with E-state index < -0.39 is 5.54 Å². The van der Waals surface area contributed by atoms with E-state index in [1.165, 1.54) is 0 Å². The van der Waals surface area contributed by atoms with Crippen LogP contribution in [0.2, 0.25) is 15.1 Å². The van der Waals surface area contributed by atoms with Gasteiger partial charge in [0, 0.05) is 26.2 Å². The van der Waals surface area contributed by atoms with Crippen molar-refractivity contribution in [1.29, 1.82) is 0 Å². The Morgan fingerprint density at radius 2 is 1.46 bits per heavy atom. The molecule has 72 valence electrons. The highest BCUT2D eigenvalue weighted by Gasteiger charge is 2.21. The molecule has 0 saturated carbocycles. The minimum atomic E-state index is -0.557. The fourth-order valence-corrected chi connectivity index (χ4v) is 2.46. The SMILES string of the molecule is CC(C)(N)c1c(Cl)cc(Cl)cc1Cl. The van der Waals surface area contributed by atoms with Crippen LogP contribution in [0.4, 0.5) is 0 Å². The molecule has 0 aromatic heterocycles. The third-order valence-corrected chi connectivity index (χ3v) is 2.47. The van der Waals surface area contributed by atoms with E-state index in [9.17, 15) is 0 Å². The van der Waals surface area contributed by atoms with Gasteiger partial charge in [0.1, 0.15) is 0 Å². The lowest BCUT2D eigenvalue weighted by atomic mass is 9.95. The van der Waals surface area contributed by atoms with Gasteiger partial charge >= 0.3 is 0 Å². The zero-order valence-electron chi connectivity index (χ0n) is 7.37. The lowest BCUT2D eigenvalue weighted by Crippen LogP contribution is -2.29. The van der Waals surface area contributed by atoms with Gasteiger partial charge in [0.25, 0.3) is 0 Å². The molecule has 0 aliphatic heterocycles. The topological polar surface area (TPSA) is 26.0 Å². The van der Waals surface area contributed by atoms with Gasteiger partial charge in [-0.2, -0.15) is 0 Å². The van der Waals surface area contributed by atoms with Crippen LogP contribution in [-0.2, 0) is 5.54 Å². The van der Waals surface area contributed by atoms with Crippen molar-refractivity contribution < 1.29 is 0 Å². The maximum Gasteiger partial charge on any atom is 0.0486 e. The maximum absolute atomic E-state index is 5.97. The Bertz CT molecular complexity index is 305. The van der Waals surface area contributed by atoms with Gasteiger partial charge in [-0.1, -0.05) is 34.8 Å². The molecule has 0 bridgehead atoms. The molecule has 1 rings (SSSR count). The van der Waals surface area contributed by atoms with E-state index in [1.54, 1.807) is 12.1 Å². The monoisotopic (exact) mass is 237 g/mol. The number of hydrogen-bond donors (Lipinski definition) is 1. The molecule has 0 radical (unpaired) electrons. The van der Waals surface area contributed by atoms with E-state index in [1.807, 2.05) is 13.8 Å². The highest BCUT2D eigenvalue weighted by atomic mass is 35.5. The summed E-state index contributed by atoms with van der Waals surface area (Å²) in [5.41, 5.74) is 6.06. The van der Waals surface area contributed by atoms with Gasteiger partial charge in [0.05, 0.1) is 0 Å². The Morgan fingerprint density at radius 1 is 1.08 bits per heavy atom. The van der Waals surface area contributed by atoms with Gasteiger partial charge < -0.3 is 5.73 Å².